The Balaban J connectivity index is 1.53. The number of hydrogen-bond donors (Lipinski definition) is 1. The molecule has 4 aromatic rings. The molecule has 4 rings (SSSR count). The molecular formula is C23H20N4O2. The molecule has 144 valence electrons. The maximum atomic E-state index is 12.5. The second kappa shape index (κ2) is 8.93. The van der Waals surface area contributed by atoms with Crippen LogP contribution in [-0.4, -0.2) is 21.0 Å². The molecule has 2 aromatic carbocycles. The van der Waals surface area contributed by atoms with Crippen LogP contribution in [0.4, 0.5) is 4.79 Å². The molecule has 1 N–H and O–H groups in total. The van der Waals surface area contributed by atoms with E-state index >= 15 is 0 Å². The number of carbonyl (C=O) groups excluding carboxylic acids is 1. The van der Waals surface area contributed by atoms with Crippen molar-refractivity contribution in [2.24, 2.45) is 0 Å². The maximum absolute atomic E-state index is 12.5. The fraction of sp³-hybridized carbons (Fsp3) is 0.130. The van der Waals surface area contributed by atoms with Crippen molar-refractivity contribution in [1.29, 1.82) is 0 Å². The van der Waals surface area contributed by atoms with Gasteiger partial charge in [0.25, 0.3) is 0 Å². The van der Waals surface area contributed by atoms with Crippen molar-refractivity contribution < 1.29 is 9.53 Å². The van der Waals surface area contributed by atoms with Crippen LogP contribution in [-0.2, 0) is 17.8 Å². The summed E-state index contributed by atoms with van der Waals surface area (Å²) in [6.07, 6.45) is 3.40. The molecule has 0 aliphatic heterocycles. The summed E-state index contributed by atoms with van der Waals surface area (Å²) in [7, 11) is 0. The fourth-order valence-corrected chi connectivity index (χ4v) is 3.02. The maximum Gasteiger partial charge on any atom is 0.408 e. The summed E-state index contributed by atoms with van der Waals surface area (Å²) in [6.45, 7) is 0.206. The number of carbonyl (C=O) groups is 1. The summed E-state index contributed by atoms with van der Waals surface area (Å²) in [5.74, 6) is 0. The second-order valence-electron chi connectivity index (χ2n) is 6.59. The molecule has 6 heteroatoms. The Morgan fingerprint density at radius 2 is 1.62 bits per heavy atom. The van der Waals surface area contributed by atoms with Crippen LogP contribution in [0, 0.1) is 0 Å². The molecule has 29 heavy (non-hydrogen) atoms. The number of ether oxygens (including phenoxy) is 1. The predicted molar refractivity (Wildman–Crippen MR) is 110 cm³/mol. The van der Waals surface area contributed by atoms with Crippen LogP contribution in [0.25, 0.3) is 11.2 Å². The van der Waals surface area contributed by atoms with Crippen molar-refractivity contribution in [3.8, 4) is 0 Å². The lowest BCUT2D eigenvalue weighted by Gasteiger charge is -2.18. The summed E-state index contributed by atoms with van der Waals surface area (Å²) >= 11 is 0. The minimum absolute atomic E-state index is 0.206. The molecule has 6 nitrogen and oxygen atoms in total. The zero-order valence-corrected chi connectivity index (χ0v) is 15.7. The lowest BCUT2D eigenvalue weighted by molar-refractivity contribution is 0.135. The number of fused-ring (bicyclic) bond motifs is 1. The largest absolute Gasteiger partial charge is 0.445 e. The zero-order chi connectivity index (χ0) is 19.9. The normalized spacial score (nSPS) is 11.7. The predicted octanol–water partition coefficient (Wildman–Crippen LogP) is 4.24. The first-order valence-electron chi connectivity index (χ1n) is 9.37. The monoisotopic (exact) mass is 384 g/mol. The summed E-state index contributed by atoms with van der Waals surface area (Å²) in [4.78, 5) is 25.7. The van der Waals surface area contributed by atoms with Crippen molar-refractivity contribution in [3.63, 3.8) is 0 Å². The highest BCUT2D eigenvalue weighted by atomic mass is 16.5. The van der Waals surface area contributed by atoms with Gasteiger partial charge in [0.2, 0.25) is 0 Å². The van der Waals surface area contributed by atoms with Gasteiger partial charge in [-0.15, -0.1) is 0 Å². The number of benzene rings is 2. The van der Waals surface area contributed by atoms with Crippen LogP contribution >= 0.6 is 0 Å². The van der Waals surface area contributed by atoms with Gasteiger partial charge in [0.1, 0.15) is 12.1 Å². The smallest absolute Gasteiger partial charge is 0.408 e. The third-order valence-corrected chi connectivity index (χ3v) is 4.48. The molecule has 2 heterocycles. The molecule has 1 atom stereocenters. The molecule has 0 aliphatic carbocycles. The van der Waals surface area contributed by atoms with Crippen LogP contribution in [0.15, 0.2) is 85.2 Å². The molecular weight excluding hydrogens is 364 g/mol. The Labute approximate surface area is 168 Å². The van der Waals surface area contributed by atoms with Gasteiger partial charge in [0.15, 0.2) is 5.65 Å². The Morgan fingerprint density at radius 3 is 2.38 bits per heavy atom. The first-order valence-corrected chi connectivity index (χ1v) is 9.37. The molecule has 1 amide bonds. The molecule has 0 saturated heterocycles. The Kier molecular flexibility index (Phi) is 5.71. The summed E-state index contributed by atoms with van der Waals surface area (Å²) in [5, 5.41) is 2.93. The minimum atomic E-state index is -0.497. The first kappa shape index (κ1) is 18.6. The molecule has 0 spiro atoms. The molecule has 0 fully saturated rings. The summed E-state index contributed by atoms with van der Waals surface area (Å²) < 4.78 is 5.39. The van der Waals surface area contributed by atoms with Gasteiger partial charge in [-0.2, -0.15) is 0 Å². The average Bonchev–Trinajstić information content (AvgIpc) is 2.78. The van der Waals surface area contributed by atoms with E-state index in [0.29, 0.717) is 23.3 Å². The van der Waals surface area contributed by atoms with Crippen LogP contribution in [0.2, 0.25) is 0 Å². The number of alkyl carbamates (subject to hydrolysis) is 1. The molecule has 2 aromatic heterocycles. The van der Waals surface area contributed by atoms with Gasteiger partial charge in [-0.05, 0) is 29.7 Å². The van der Waals surface area contributed by atoms with Gasteiger partial charge < -0.3 is 10.1 Å². The van der Waals surface area contributed by atoms with Gasteiger partial charge in [-0.25, -0.2) is 19.7 Å². The topological polar surface area (TPSA) is 77.0 Å². The standard InChI is InChI=1S/C23H20N4O2/c28-23(29-16-18-10-5-2-6-11-18)27-20(14-17-8-3-1-4-9-17)21-15-25-22-19(26-21)12-7-13-24-22/h1-13,15,20H,14,16H2,(H,27,28)/t20-/m0/s1. The highest BCUT2D eigenvalue weighted by Crippen LogP contribution is 2.18. The Morgan fingerprint density at radius 1 is 0.897 bits per heavy atom. The number of nitrogens with one attached hydrogen (secondary N) is 1. The van der Waals surface area contributed by atoms with E-state index in [0.717, 1.165) is 11.1 Å². The van der Waals surface area contributed by atoms with Crippen LogP contribution in [0.5, 0.6) is 0 Å². The molecule has 0 saturated carbocycles. The zero-order valence-electron chi connectivity index (χ0n) is 15.7. The lowest BCUT2D eigenvalue weighted by Crippen LogP contribution is -2.31. The number of aromatic nitrogens is 3. The van der Waals surface area contributed by atoms with Crippen molar-refractivity contribution in [3.05, 3.63) is 102 Å². The van der Waals surface area contributed by atoms with E-state index in [9.17, 15) is 4.79 Å². The van der Waals surface area contributed by atoms with Gasteiger partial charge in [0, 0.05) is 6.20 Å². The van der Waals surface area contributed by atoms with E-state index in [-0.39, 0.29) is 12.6 Å². The SMILES string of the molecule is O=C(N[C@@H](Cc1ccccc1)c1cnc2ncccc2n1)OCc1ccccc1. The van der Waals surface area contributed by atoms with Crippen molar-refractivity contribution in [1.82, 2.24) is 20.3 Å². The minimum Gasteiger partial charge on any atom is -0.445 e. The quantitative estimate of drug-likeness (QED) is 0.538. The number of pyridine rings is 1. The highest BCUT2D eigenvalue weighted by Gasteiger charge is 2.19. The van der Waals surface area contributed by atoms with E-state index in [1.54, 1.807) is 12.4 Å². The third kappa shape index (κ3) is 4.93. The number of hydrogen-bond acceptors (Lipinski definition) is 5. The molecule has 0 unspecified atom stereocenters. The van der Waals surface area contributed by atoms with Crippen molar-refractivity contribution >= 4 is 17.3 Å². The fourth-order valence-electron chi connectivity index (χ4n) is 3.02. The lowest BCUT2D eigenvalue weighted by atomic mass is 10.0. The van der Waals surface area contributed by atoms with E-state index in [4.69, 9.17) is 4.74 Å². The van der Waals surface area contributed by atoms with Gasteiger partial charge in [-0.3, -0.25) is 0 Å². The van der Waals surface area contributed by atoms with Gasteiger partial charge in [0.05, 0.1) is 17.9 Å². The van der Waals surface area contributed by atoms with Crippen LogP contribution < -0.4 is 5.32 Å². The second-order valence-corrected chi connectivity index (χ2v) is 6.59. The highest BCUT2D eigenvalue weighted by molar-refractivity contribution is 5.70. The van der Waals surface area contributed by atoms with Crippen molar-refractivity contribution in [2.75, 3.05) is 0 Å². The number of amides is 1. The number of nitrogens with zero attached hydrogens (tertiary/aromatic N) is 3. The molecule has 0 aliphatic rings. The van der Waals surface area contributed by atoms with E-state index < -0.39 is 6.09 Å². The van der Waals surface area contributed by atoms with E-state index in [2.05, 4.69) is 20.3 Å². The Bertz CT molecular complexity index is 1090. The molecule has 0 bridgehead atoms. The Hall–Kier alpha value is -3.80. The van der Waals surface area contributed by atoms with Crippen LogP contribution in [0.1, 0.15) is 22.9 Å². The van der Waals surface area contributed by atoms with E-state index in [1.807, 2.05) is 72.8 Å². The van der Waals surface area contributed by atoms with Gasteiger partial charge in [-0.1, -0.05) is 60.7 Å². The summed E-state index contributed by atoms with van der Waals surface area (Å²) in [5.41, 5.74) is 3.92. The third-order valence-electron chi connectivity index (χ3n) is 4.48. The van der Waals surface area contributed by atoms with Crippen LogP contribution in [0.3, 0.4) is 0 Å². The van der Waals surface area contributed by atoms with E-state index in [1.165, 1.54) is 0 Å². The first-order chi connectivity index (χ1) is 14.3. The summed E-state index contributed by atoms with van der Waals surface area (Å²) in [6, 6.07) is 22.8. The molecule has 0 radical (unpaired) electrons. The van der Waals surface area contributed by atoms with Crippen molar-refractivity contribution in [2.45, 2.75) is 19.1 Å². The number of rotatable bonds is 6. The van der Waals surface area contributed by atoms with Gasteiger partial charge >= 0.3 is 6.09 Å². The average molecular weight is 384 g/mol.